The quantitative estimate of drug-likeness (QED) is 0.733. The number of ether oxygens (including phenoxy) is 1. The van der Waals surface area contributed by atoms with Gasteiger partial charge >= 0.3 is 0 Å². The van der Waals surface area contributed by atoms with Gasteiger partial charge in [-0.05, 0) is 61.7 Å². The number of rotatable bonds is 4. The normalized spacial score (nSPS) is 13.7. The van der Waals surface area contributed by atoms with Gasteiger partial charge in [-0.2, -0.15) is 5.26 Å². The molecule has 1 fully saturated rings. The van der Waals surface area contributed by atoms with Gasteiger partial charge in [-0.25, -0.2) is 9.97 Å². The van der Waals surface area contributed by atoms with E-state index >= 15 is 0 Å². The molecule has 1 aromatic heterocycles. The Bertz CT molecular complexity index is 1080. The van der Waals surface area contributed by atoms with Crippen LogP contribution in [-0.4, -0.2) is 36.1 Å². The lowest BCUT2D eigenvalue weighted by atomic mass is 10.1. The predicted octanol–water partition coefficient (Wildman–Crippen LogP) is 3.75. The Balaban J connectivity index is 1.62. The van der Waals surface area contributed by atoms with E-state index in [1.807, 2.05) is 18.2 Å². The summed E-state index contributed by atoms with van der Waals surface area (Å²) in [5, 5.41) is 11.8. The zero-order valence-corrected chi connectivity index (χ0v) is 16.2. The summed E-state index contributed by atoms with van der Waals surface area (Å²) in [4.78, 5) is 24.1. The Kier molecular flexibility index (Phi) is 5.25. The van der Waals surface area contributed by atoms with Gasteiger partial charge in [-0.3, -0.25) is 4.79 Å². The van der Waals surface area contributed by atoms with Gasteiger partial charge in [0.1, 0.15) is 0 Å². The smallest absolute Gasteiger partial charge is 0.257 e. The minimum atomic E-state index is -0.244. The number of nitriles is 1. The summed E-state index contributed by atoms with van der Waals surface area (Å²) in [6.07, 6.45) is 3.48. The van der Waals surface area contributed by atoms with Crippen molar-refractivity contribution in [3.63, 3.8) is 0 Å². The minimum Gasteiger partial charge on any atom is -0.478 e. The van der Waals surface area contributed by atoms with E-state index in [1.54, 1.807) is 37.4 Å². The van der Waals surface area contributed by atoms with Crippen LogP contribution in [0.5, 0.6) is 5.88 Å². The SMILES string of the molecule is COc1nc2ccc(NC(=O)c3ccc(C#N)cc3)cc2nc1N1CCCCC1. The van der Waals surface area contributed by atoms with Gasteiger partial charge < -0.3 is 15.0 Å². The van der Waals surface area contributed by atoms with E-state index < -0.39 is 0 Å². The fourth-order valence-electron chi connectivity index (χ4n) is 3.45. The van der Waals surface area contributed by atoms with Gasteiger partial charge in [0.15, 0.2) is 5.82 Å². The third-order valence-electron chi connectivity index (χ3n) is 5.00. The van der Waals surface area contributed by atoms with Crippen LogP contribution in [0.3, 0.4) is 0 Å². The number of methoxy groups -OCH3 is 1. The highest BCUT2D eigenvalue weighted by molar-refractivity contribution is 6.05. The highest BCUT2D eigenvalue weighted by Gasteiger charge is 2.19. The van der Waals surface area contributed by atoms with Crippen LogP contribution in [-0.2, 0) is 0 Å². The Hall–Kier alpha value is -3.66. The first-order valence-electron chi connectivity index (χ1n) is 9.60. The molecule has 0 unspecified atom stereocenters. The van der Waals surface area contributed by atoms with Gasteiger partial charge in [-0.15, -0.1) is 0 Å². The Morgan fingerprint density at radius 1 is 1.07 bits per heavy atom. The molecule has 0 atom stereocenters. The van der Waals surface area contributed by atoms with Crippen LogP contribution >= 0.6 is 0 Å². The van der Waals surface area contributed by atoms with E-state index in [0.29, 0.717) is 33.7 Å². The Morgan fingerprint density at radius 3 is 2.52 bits per heavy atom. The molecule has 146 valence electrons. The number of amides is 1. The average molecular weight is 387 g/mol. The highest BCUT2D eigenvalue weighted by atomic mass is 16.5. The second-order valence-corrected chi connectivity index (χ2v) is 6.95. The largest absolute Gasteiger partial charge is 0.478 e. The van der Waals surface area contributed by atoms with Crippen molar-refractivity contribution in [2.45, 2.75) is 19.3 Å². The second-order valence-electron chi connectivity index (χ2n) is 6.95. The number of carbonyl (C=O) groups is 1. The fourth-order valence-corrected chi connectivity index (χ4v) is 3.45. The zero-order chi connectivity index (χ0) is 20.2. The van der Waals surface area contributed by atoms with E-state index in [-0.39, 0.29) is 5.91 Å². The third kappa shape index (κ3) is 3.97. The monoisotopic (exact) mass is 387 g/mol. The maximum absolute atomic E-state index is 12.5. The minimum absolute atomic E-state index is 0.244. The summed E-state index contributed by atoms with van der Waals surface area (Å²) in [6, 6.07) is 14.0. The molecule has 3 aromatic rings. The van der Waals surface area contributed by atoms with Crippen molar-refractivity contribution < 1.29 is 9.53 Å². The third-order valence-corrected chi connectivity index (χ3v) is 5.00. The first kappa shape index (κ1) is 18.7. The van der Waals surface area contributed by atoms with Crippen LogP contribution in [0.25, 0.3) is 11.0 Å². The van der Waals surface area contributed by atoms with E-state index in [9.17, 15) is 4.79 Å². The van der Waals surface area contributed by atoms with Crippen molar-refractivity contribution in [3.05, 3.63) is 53.6 Å². The van der Waals surface area contributed by atoms with Crippen LogP contribution in [0.2, 0.25) is 0 Å². The van der Waals surface area contributed by atoms with Crippen molar-refractivity contribution in [1.82, 2.24) is 9.97 Å². The van der Waals surface area contributed by atoms with E-state index in [1.165, 1.54) is 6.42 Å². The second kappa shape index (κ2) is 8.15. The number of benzene rings is 2. The van der Waals surface area contributed by atoms with Gasteiger partial charge in [0.2, 0.25) is 0 Å². The maximum atomic E-state index is 12.5. The first-order valence-corrected chi connectivity index (χ1v) is 9.60. The van der Waals surface area contributed by atoms with Gasteiger partial charge in [0, 0.05) is 24.3 Å². The molecule has 0 saturated carbocycles. The molecule has 1 saturated heterocycles. The van der Waals surface area contributed by atoms with Crippen LogP contribution < -0.4 is 15.0 Å². The summed E-state index contributed by atoms with van der Waals surface area (Å²) >= 11 is 0. The van der Waals surface area contributed by atoms with Crippen molar-refractivity contribution in [3.8, 4) is 11.9 Å². The summed E-state index contributed by atoms with van der Waals surface area (Å²) in [5.41, 5.74) is 3.04. The van der Waals surface area contributed by atoms with Crippen molar-refractivity contribution in [2.24, 2.45) is 0 Å². The Morgan fingerprint density at radius 2 is 1.83 bits per heavy atom. The van der Waals surface area contributed by atoms with Gasteiger partial charge in [0.25, 0.3) is 11.8 Å². The summed E-state index contributed by atoms with van der Waals surface area (Å²) in [5.74, 6) is 1.02. The van der Waals surface area contributed by atoms with E-state index in [4.69, 9.17) is 15.0 Å². The molecule has 1 N–H and O–H groups in total. The Labute approximate surface area is 169 Å². The number of carbonyl (C=O) groups excluding carboxylic acids is 1. The van der Waals surface area contributed by atoms with Crippen molar-refractivity contribution >= 4 is 28.4 Å². The number of hydrogen-bond donors (Lipinski definition) is 1. The van der Waals surface area contributed by atoms with Gasteiger partial charge in [-0.1, -0.05) is 0 Å². The number of fused-ring (bicyclic) bond motifs is 1. The standard InChI is InChI=1S/C22H21N5O2/c1-29-22-20(27-11-3-2-4-12-27)25-19-13-17(9-10-18(19)26-22)24-21(28)16-7-5-15(14-23)6-8-16/h5-10,13H,2-4,11-12H2,1H3,(H,24,28). The van der Waals surface area contributed by atoms with Gasteiger partial charge in [0.05, 0.1) is 29.8 Å². The molecule has 1 amide bonds. The number of nitrogens with one attached hydrogen (secondary N) is 1. The number of hydrogen-bond acceptors (Lipinski definition) is 6. The molecular weight excluding hydrogens is 366 g/mol. The molecule has 2 heterocycles. The highest BCUT2D eigenvalue weighted by Crippen LogP contribution is 2.30. The molecule has 29 heavy (non-hydrogen) atoms. The molecular formula is C22H21N5O2. The zero-order valence-electron chi connectivity index (χ0n) is 16.2. The molecule has 4 rings (SSSR count). The fraction of sp³-hybridized carbons (Fsp3) is 0.273. The molecule has 2 aromatic carbocycles. The molecule has 7 heteroatoms. The van der Waals surface area contributed by atoms with Crippen molar-refractivity contribution in [2.75, 3.05) is 30.4 Å². The molecule has 0 spiro atoms. The number of piperidine rings is 1. The predicted molar refractivity (Wildman–Crippen MR) is 111 cm³/mol. The lowest BCUT2D eigenvalue weighted by molar-refractivity contribution is 0.102. The maximum Gasteiger partial charge on any atom is 0.257 e. The lowest BCUT2D eigenvalue weighted by Gasteiger charge is -2.28. The average Bonchev–Trinajstić information content (AvgIpc) is 2.78. The molecule has 1 aliphatic rings. The van der Waals surface area contributed by atoms with E-state index in [0.717, 1.165) is 31.7 Å². The summed E-state index contributed by atoms with van der Waals surface area (Å²) in [6.45, 7) is 1.87. The van der Waals surface area contributed by atoms with E-state index in [2.05, 4.69) is 15.2 Å². The lowest BCUT2D eigenvalue weighted by Crippen LogP contribution is -2.30. The number of nitrogens with zero attached hydrogens (tertiary/aromatic N) is 4. The van der Waals surface area contributed by atoms with Crippen LogP contribution in [0.1, 0.15) is 35.2 Å². The summed E-state index contributed by atoms with van der Waals surface area (Å²) < 4.78 is 5.47. The molecule has 0 bridgehead atoms. The summed E-state index contributed by atoms with van der Waals surface area (Å²) in [7, 11) is 1.61. The first-order chi connectivity index (χ1) is 14.2. The number of anilines is 2. The van der Waals surface area contributed by atoms with Crippen LogP contribution in [0.15, 0.2) is 42.5 Å². The van der Waals surface area contributed by atoms with Crippen LogP contribution in [0.4, 0.5) is 11.5 Å². The van der Waals surface area contributed by atoms with Crippen molar-refractivity contribution in [1.29, 1.82) is 5.26 Å². The molecule has 0 aliphatic carbocycles. The molecule has 1 aliphatic heterocycles. The molecule has 7 nitrogen and oxygen atoms in total. The molecule has 0 radical (unpaired) electrons. The topological polar surface area (TPSA) is 91.1 Å². The van der Waals surface area contributed by atoms with Crippen LogP contribution in [0, 0.1) is 11.3 Å². The number of aromatic nitrogens is 2.